The minimum Gasteiger partial charge on any atom is -0.497 e. The van der Waals surface area contributed by atoms with Crippen molar-refractivity contribution in [2.24, 2.45) is 5.92 Å². The van der Waals surface area contributed by atoms with Crippen molar-refractivity contribution < 1.29 is 28.5 Å². The van der Waals surface area contributed by atoms with Gasteiger partial charge in [0.1, 0.15) is 5.75 Å². The predicted octanol–water partition coefficient (Wildman–Crippen LogP) is 4.55. The molecule has 2 amide bonds. The van der Waals surface area contributed by atoms with E-state index >= 15 is 0 Å². The average molecular weight is 574 g/mol. The van der Waals surface area contributed by atoms with Crippen LogP contribution in [0.2, 0.25) is 0 Å². The maximum atomic E-state index is 14.2. The molecule has 0 radical (unpaired) electrons. The maximum Gasteiger partial charge on any atom is 0.228 e. The zero-order valence-corrected chi connectivity index (χ0v) is 24.7. The molecular weight excluding hydrogens is 534 g/mol. The normalized spacial score (nSPS) is 19.4. The van der Waals surface area contributed by atoms with E-state index < -0.39 is 12.0 Å². The first-order chi connectivity index (χ1) is 20.5. The van der Waals surface area contributed by atoms with Crippen LogP contribution in [0, 0.1) is 5.92 Å². The average Bonchev–Trinajstić information content (AvgIpc) is 3.04. The summed E-state index contributed by atoms with van der Waals surface area (Å²) in [5.74, 6) is 1.61. The Kier molecular flexibility index (Phi) is 9.17. The van der Waals surface area contributed by atoms with E-state index in [2.05, 4.69) is 29.2 Å². The van der Waals surface area contributed by atoms with Crippen molar-refractivity contribution in [2.75, 3.05) is 59.5 Å². The molecule has 3 aromatic carbocycles. The SMILES string of the molecule is COc1ccc([C@@H]2[C@H](C(=O)N3CCN(Cc4ccccc4)CC3)CCC(=O)N2c2cc(OC)c(OC)c(OC)c2)cc1. The Balaban J connectivity index is 1.46. The van der Waals surface area contributed by atoms with Crippen LogP contribution in [0.5, 0.6) is 23.0 Å². The molecule has 0 saturated carbocycles. The summed E-state index contributed by atoms with van der Waals surface area (Å²) >= 11 is 0. The topological polar surface area (TPSA) is 80.8 Å². The third-order valence-electron chi connectivity index (χ3n) is 8.23. The van der Waals surface area contributed by atoms with Gasteiger partial charge in [-0.25, -0.2) is 0 Å². The summed E-state index contributed by atoms with van der Waals surface area (Å²) in [6, 6.07) is 21.0. The molecule has 0 spiro atoms. The number of nitrogens with zero attached hydrogens (tertiary/aromatic N) is 3. The standard InChI is InChI=1S/C33H39N3O6/c1-39-26-12-10-24(11-13-26)31-27(33(38)35-18-16-34(17-19-35)22-23-8-6-5-7-9-23)14-15-30(37)36(31)25-20-28(40-2)32(42-4)29(21-25)41-3/h5-13,20-21,27,31H,14-19,22H2,1-4H3/t27-,31-/m1/s1. The van der Waals surface area contributed by atoms with Gasteiger partial charge in [0.2, 0.25) is 17.6 Å². The molecule has 222 valence electrons. The van der Waals surface area contributed by atoms with Crippen LogP contribution in [0.15, 0.2) is 66.7 Å². The summed E-state index contributed by atoms with van der Waals surface area (Å²) in [5.41, 5.74) is 2.71. The Morgan fingerprint density at radius 2 is 1.45 bits per heavy atom. The third kappa shape index (κ3) is 6.01. The number of carbonyl (C=O) groups excluding carboxylic acids is 2. The second-order valence-electron chi connectivity index (χ2n) is 10.6. The van der Waals surface area contributed by atoms with Crippen LogP contribution in [-0.2, 0) is 16.1 Å². The molecule has 0 aromatic heterocycles. The summed E-state index contributed by atoms with van der Waals surface area (Å²) in [6.07, 6.45) is 0.729. The highest BCUT2D eigenvalue weighted by Gasteiger charge is 2.43. The van der Waals surface area contributed by atoms with Crippen molar-refractivity contribution in [1.29, 1.82) is 0 Å². The zero-order chi connectivity index (χ0) is 29.6. The summed E-state index contributed by atoms with van der Waals surface area (Å²) in [4.78, 5) is 34.0. The van der Waals surface area contributed by atoms with Crippen LogP contribution >= 0.6 is 0 Å². The van der Waals surface area contributed by atoms with Gasteiger partial charge >= 0.3 is 0 Å². The summed E-state index contributed by atoms with van der Waals surface area (Å²) in [5, 5.41) is 0. The zero-order valence-electron chi connectivity index (χ0n) is 24.7. The van der Waals surface area contributed by atoms with Crippen molar-refractivity contribution in [1.82, 2.24) is 9.80 Å². The van der Waals surface area contributed by atoms with Crippen molar-refractivity contribution in [2.45, 2.75) is 25.4 Å². The highest BCUT2D eigenvalue weighted by atomic mass is 16.5. The Hall–Kier alpha value is -4.24. The molecule has 2 aliphatic rings. The van der Waals surface area contributed by atoms with Gasteiger partial charge in [-0.3, -0.25) is 14.5 Å². The Bertz CT molecular complexity index is 1350. The number of hydrogen-bond acceptors (Lipinski definition) is 7. The number of hydrogen-bond donors (Lipinski definition) is 0. The van der Waals surface area contributed by atoms with Gasteiger partial charge in [0.25, 0.3) is 0 Å². The maximum absolute atomic E-state index is 14.2. The van der Waals surface area contributed by atoms with E-state index in [1.54, 1.807) is 45.5 Å². The Labute approximate surface area is 247 Å². The lowest BCUT2D eigenvalue weighted by molar-refractivity contribution is -0.140. The number of benzene rings is 3. The van der Waals surface area contributed by atoms with Crippen molar-refractivity contribution in [3.63, 3.8) is 0 Å². The van der Waals surface area contributed by atoms with Crippen LogP contribution in [0.25, 0.3) is 0 Å². The molecule has 0 unspecified atom stereocenters. The van der Waals surface area contributed by atoms with Gasteiger partial charge in [0, 0.05) is 51.3 Å². The van der Waals surface area contributed by atoms with Gasteiger partial charge in [-0.1, -0.05) is 42.5 Å². The molecule has 5 rings (SSSR count). The molecule has 9 heteroatoms. The fraction of sp³-hybridized carbons (Fsp3) is 0.394. The molecule has 2 atom stereocenters. The second-order valence-corrected chi connectivity index (χ2v) is 10.6. The molecule has 2 saturated heterocycles. The number of amides is 2. The van der Waals surface area contributed by atoms with Crippen LogP contribution in [0.4, 0.5) is 5.69 Å². The van der Waals surface area contributed by atoms with Gasteiger partial charge in [0.15, 0.2) is 11.5 Å². The van der Waals surface area contributed by atoms with Crippen LogP contribution in [0.3, 0.4) is 0 Å². The fourth-order valence-electron chi connectivity index (χ4n) is 6.05. The number of piperidine rings is 1. The van der Waals surface area contributed by atoms with Gasteiger partial charge in [-0.15, -0.1) is 0 Å². The Morgan fingerprint density at radius 1 is 0.810 bits per heavy atom. The van der Waals surface area contributed by atoms with E-state index in [9.17, 15) is 9.59 Å². The molecule has 9 nitrogen and oxygen atoms in total. The number of ether oxygens (including phenoxy) is 4. The first kappa shape index (κ1) is 29.3. The van der Waals surface area contributed by atoms with Crippen LogP contribution in [0.1, 0.15) is 30.0 Å². The summed E-state index contributed by atoms with van der Waals surface area (Å²) in [7, 11) is 6.25. The highest BCUT2D eigenvalue weighted by Crippen LogP contribution is 2.46. The van der Waals surface area contributed by atoms with E-state index in [4.69, 9.17) is 18.9 Å². The van der Waals surface area contributed by atoms with E-state index in [-0.39, 0.29) is 18.2 Å². The molecular formula is C33H39N3O6. The monoisotopic (exact) mass is 573 g/mol. The molecule has 3 aromatic rings. The van der Waals surface area contributed by atoms with Gasteiger partial charge in [0.05, 0.1) is 46.1 Å². The lowest BCUT2D eigenvalue weighted by atomic mass is 9.82. The second kappa shape index (κ2) is 13.2. The van der Waals surface area contributed by atoms with Crippen molar-refractivity contribution in [3.8, 4) is 23.0 Å². The number of anilines is 1. The first-order valence-corrected chi connectivity index (χ1v) is 14.3. The van der Waals surface area contributed by atoms with E-state index in [1.165, 1.54) is 5.56 Å². The van der Waals surface area contributed by atoms with Crippen molar-refractivity contribution >= 4 is 17.5 Å². The number of rotatable bonds is 9. The van der Waals surface area contributed by atoms with E-state index in [0.717, 1.165) is 25.2 Å². The summed E-state index contributed by atoms with van der Waals surface area (Å²) in [6.45, 7) is 3.77. The number of carbonyl (C=O) groups is 2. The molecule has 0 aliphatic carbocycles. The molecule has 2 heterocycles. The number of methoxy groups -OCH3 is 4. The lowest BCUT2D eigenvalue weighted by Gasteiger charge is -2.44. The first-order valence-electron chi connectivity index (χ1n) is 14.3. The van der Waals surface area contributed by atoms with E-state index in [1.807, 2.05) is 35.2 Å². The molecule has 2 aliphatic heterocycles. The minimum absolute atomic E-state index is 0.0678. The largest absolute Gasteiger partial charge is 0.497 e. The number of piperazine rings is 1. The molecule has 0 N–H and O–H groups in total. The molecule has 42 heavy (non-hydrogen) atoms. The quantitative estimate of drug-likeness (QED) is 0.372. The van der Waals surface area contributed by atoms with Gasteiger partial charge in [-0.2, -0.15) is 0 Å². The van der Waals surface area contributed by atoms with Crippen LogP contribution < -0.4 is 23.8 Å². The van der Waals surface area contributed by atoms with Crippen molar-refractivity contribution in [3.05, 3.63) is 77.9 Å². The smallest absolute Gasteiger partial charge is 0.228 e. The van der Waals surface area contributed by atoms with Gasteiger partial charge < -0.3 is 28.7 Å². The molecule has 0 bridgehead atoms. The predicted molar refractivity (Wildman–Crippen MR) is 160 cm³/mol. The lowest BCUT2D eigenvalue weighted by Crippen LogP contribution is -2.54. The Morgan fingerprint density at radius 3 is 2.02 bits per heavy atom. The highest BCUT2D eigenvalue weighted by molar-refractivity contribution is 5.98. The molecule has 2 fully saturated rings. The third-order valence-corrected chi connectivity index (χ3v) is 8.23. The van der Waals surface area contributed by atoms with Gasteiger partial charge in [-0.05, 0) is 29.7 Å². The summed E-state index contributed by atoms with van der Waals surface area (Å²) < 4.78 is 22.1. The van der Waals surface area contributed by atoms with Crippen LogP contribution in [-0.4, -0.2) is 76.2 Å². The fourth-order valence-corrected chi connectivity index (χ4v) is 6.05. The minimum atomic E-state index is -0.519. The van der Waals surface area contributed by atoms with E-state index in [0.29, 0.717) is 48.2 Å².